The molecule has 0 aromatic heterocycles. The molecule has 2 rings (SSSR count). The minimum Gasteiger partial charge on any atom is -0.501 e. The Morgan fingerprint density at radius 3 is 2.03 bits per heavy atom. The molecule has 0 saturated carbocycles. The molecule has 0 fully saturated rings. The Kier molecular flexibility index (Phi) is 11.9. The van der Waals surface area contributed by atoms with Gasteiger partial charge in [0.15, 0.2) is 0 Å². The Morgan fingerprint density at radius 2 is 1.40 bits per heavy atom. The van der Waals surface area contributed by atoms with Crippen molar-refractivity contribution < 1.29 is 28.5 Å². The molecule has 0 N–H and O–H groups in total. The zero-order valence-electron chi connectivity index (χ0n) is 20.8. The number of benzene rings is 2. The van der Waals surface area contributed by atoms with Crippen LogP contribution in [0, 0.1) is 0 Å². The molecule has 2 aromatic rings. The van der Waals surface area contributed by atoms with Gasteiger partial charge in [0.1, 0.15) is 11.5 Å². The van der Waals surface area contributed by atoms with Gasteiger partial charge in [0.25, 0.3) is 0 Å². The third-order valence-electron chi connectivity index (χ3n) is 5.22. The number of allylic oxidation sites excluding steroid dienone is 4. The number of carbonyl (C=O) groups is 2. The molecule has 0 aliphatic heterocycles. The van der Waals surface area contributed by atoms with Crippen LogP contribution in [0.2, 0.25) is 0 Å². The summed E-state index contributed by atoms with van der Waals surface area (Å²) in [5.74, 6) is 1.20. The smallest absolute Gasteiger partial charge is 0.343 e. The fourth-order valence-electron chi connectivity index (χ4n) is 3.03. The third kappa shape index (κ3) is 10.3. The Morgan fingerprint density at radius 1 is 0.800 bits per heavy atom. The molecule has 6 heteroatoms. The number of rotatable bonds is 14. The standard InChI is InChI=1S/C29H34O6/c1-5-28(30)34-21-9-7-6-8-20-33-26-16-14-25(15-17-26)29(31)35-27-18-12-24(13-19-27)22(2)10-11-23(3)32-4/h5,10-19H,1,6-9,20-21H2,2-4H3/b22-10+,23-11+. The van der Waals surface area contributed by atoms with Crippen LogP contribution >= 0.6 is 0 Å². The Hall–Kier alpha value is -3.80. The second-order valence-corrected chi connectivity index (χ2v) is 7.90. The summed E-state index contributed by atoms with van der Waals surface area (Å²) in [5.41, 5.74) is 2.55. The number of hydrogen-bond donors (Lipinski definition) is 0. The second kappa shape index (κ2) is 15.2. The van der Waals surface area contributed by atoms with Crippen LogP contribution in [-0.4, -0.2) is 32.3 Å². The molecule has 0 atom stereocenters. The van der Waals surface area contributed by atoms with Crippen molar-refractivity contribution in [1.82, 2.24) is 0 Å². The van der Waals surface area contributed by atoms with Gasteiger partial charge in [0.05, 0.1) is 31.6 Å². The van der Waals surface area contributed by atoms with Crippen molar-refractivity contribution >= 4 is 17.5 Å². The van der Waals surface area contributed by atoms with E-state index in [9.17, 15) is 9.59 Å². The predicted molar refractivity (Wildman–Crippen MR) is 137 cm³/mol. The van der Waals surface area contributed by atoms with Gasteiger partial charge in [-0.15, -0.1) is 0 Å². The van der Waals surface area contributed by atoms with Crippen LogP contribution in [-0.2, 0) is 14.3 Å². The summed E-state index contributed by atoms with van der Waals surface area (Å²) in [7, 11) is 1.64. The zero-order valence-corrected chi connectivity index (χ0v) is 20.8. The number of hydrogen-bond acceptors (Lipinski definition) is 6. The Balaban J connectivity index is 1.74. The first-order valence-electron chi connectivity index (χ1n) is 11.7. The van der Waals surface area contributed by atoms with E-state index in [-0.39, 0.29) is 5.97 Å². The van der Waals surface area contributed by atoms with E-state index in [1.807, 2.05) is 38.1 Å². The van der Waals surface area contributed by atoms with E-state index in [2.05, 4.69) is 6.58 Å². The predicted octanol–water partition coefficient (Wildman–Crippen LogP) is 6.53. The van der Waals surface area contributed by atoms with E-state index >= 15 is 0 Å². The Bertz CT molecular complexity index is 1020. The van der Waals surface area contributed by atoms with Crippen molar-refractivity contribution in [3.63, 3.8) is 0 Å². The van der Waals surface area contributed by atoms with Crippen molar-refractivity contribution in [2.75, 3.05) is 20.3 Å². The van der Waals surface area contributed by atoms with E-state index < -0.39 is 5.97 Å². The molecule has 0 unspecified atom stereocenters. The summed E-state index contributed by atoms with van der Waals surface area (Å²) in [6.45, 7) is 8.25. The monoisotopic (exact) mass is 478 g/mol. The lowest BCUT2D eigenvalue weighted by Gasteiger charge is -2.08. The molecule has 0 spiro atoms. The fourth-order valence-corrected chi connectivity index (χ4v) is 3.03. The molecule has 0 radical (unpaired) electrons. The van der Waals surface area contributed by atoms with Crippen molar-refractivity contribution in [2.24, 2.45) is 0 Å². The zero-order chi connectivity index (χ0) is 25.5. The van der Waals surface area contributed by atoms with E-state index in [1.54, 1.807) is 43.5 Å². The van der Waals surface area contributed by atoms with E-state index in [0.29, 0.717) is 30.3 Å². The van der Waals surface area contributed by atoms with Gasteiger partial charge in [-0.2, -0.15) is 0 Å². The fraction of sp³-hybridized carbons (Fsp3) is 0.310. The quantitative estimate of drug-likeness (QED) is 0.0768. The lowest BCUT2D eigenvalue weighted by atomic mass is 10.1. The van der Waals surface area contributed by atoms with Crippen molar-refractivity contribution in [2.45, 2.75) is 39.5 Å². The summed E-state index contributed by atoms with van der Waals surface area (Å²) in [5, 5.41) is 0. The molecule has 0 heterocycles. The van der Waals surface area contributed by atoms with Crippen LogP contribution in [0.3, 0.4) is 0 Å². The largest absolute Gasteiger partial charge is 0.501 e. The average molecular weight is 479 g/mol. The molecule has 0 bridgehead atoms. The number of methoxy groups -OCH3 is 1. The first kappa shape index (κ1) is 27.4. The molecular formula is C29H34O6. The topological polar surface area (TPSA) is 71.1 Å². The Labute approximate surface area is 207 Å². The molecule has 2 aromatic carbocycles. The lowest BCUT2D eigenvalue weighted by molar-refractivity contribution is -0.137. The summed E-state index contributed by atoms with van der Waals surface area (Å²) in [6, 6.07) is 14.3. The molecule has 0 aliphatic carbocycles. The summed E-state index contributed by atoms with van der Waals surface area (Å²) in [4.78, 5) is 23.4. The van der Waals surface area contributed by atoms with E-state index in [1.165, 1.54) is 6.08 Å². The van der Waals surface area contributed by atoms with Crippen molar-refractivity contribution in [3.8, 4) is 11.5 Å². The normalized spacial score (nSPS) is 11.5. The maximum absolute atomic E-state index is 12.5. The highest BCUT2D eigenvalue weighted by Gasteiger charge is 2.09. The van der Waals surface area contributed by atoms with Gasteiger partial charge in [-0.3, -0.25) is 0 Å². The maximum Gasteiger partial charge on any atom is 0.343 e. The molecular weight excluding hydrogens is 444 g/mol. The molecule has 0 saturated heterocycles. The number of carbonyl (C=O) groups excluding carboxylic acids is 2. The first-order valence-corrected chi connectivity index (χ1v) is 11.7. The summed E-state index contributed by atoms with van der Waals surface area (Å²) in [6.07, 6.45) is 8.71. The van der Waals surface area contributed by atoms with Crippen LogP contribution in [0.5, 0.6) is 11.5 Å². The molecule has 6 nitrogen and oxygen atoms in total. The molecule has 0 amide bonds. The molecule has 186 valence electrons. The van der Waals surface area contributed by atoms with Crippen molar-refractivity contribution in [1.29, 1.82) is 0 Å². The van der Waals surface area contributed by atoms with Gasteiger partial charge >= 0.3 is 11.9 Å². The highest BCUT2D eigenvalue weighted by molar-refractivity contribution is 5.91. The SMILES string of the molecule is C=CC(=O)OCCCCCCOc1ccc(C(=O)Oc2ccc(/C(C)=C/C=C(\C)OC)cc2)cc1. The highest BCUT2D eigenvalue weighted by atomic mass is 16.5. The van der Waals surface area contributed by atoms with Crippen LogP contribution in [0.15, 0.2) is 79.1 Å². The first-order chi connectivity index (χ1) is 16.9. The summed E-state index contributed by atoms with van der Waals surface area (Å²) >= 11 is 0. The number of unbranched alkanes of at least 4 members (excludes halogenated alkanes) is 3. The van der Waals surface area contributed by atoms with Crippen LogP contribution < -0.4 is 9.47 Å². The van der Waals surface area contributed by atoms with Gasteiger partial charge in [-0.05, 0) is 93.1 Å². The minimum atomic E-state index is -0.424. The number of esters is 2. The van der Waals surface area contributed by atoms with E-state index in [0.717, 1.165) is 42.6 Å². The maximum atomic E-state index is 12.5. The third-order valence-corrected chi connectivity index (χ3v) is 5.22. The molecule has 0 aliphatic rings. The van der Waals surface area contributed by atoms with Crippen LogP contribution in [0.25, 0.3) is 5.57 Å². The highest BCUT2D eigenvalue weighted by Crippen LogP contribution is 2.20. The van der Waals surface area contributed by atoms with Gasteiger partial charge in [-0.25, -0.2) is 9.59 Å². The second-order valence-electron chi connectivity index (χ2n) is 7.90. The number of ether oxygens (including phenoxy) is 4. The van der Waals surface area contributed by atoms with Gasteiger partial charge in [0.2, 0.25) is 0 Å². The van der Waals surface area contributed by atoms with Gasteiger partial charge < -0.3 is 18.9 Å². The molecule has 35 heavy (non-hydrogen) atoms. The average Bonchev–Trinajstić information content (AvgIpc) is 2.89. The van der Waals surface area contributed by atoms with Gasteiger partial charge in [0, 0.05) is 6.08 Å². The lowest BCUT2D eigenvalue weighted by Crippen LogP contribution is -2.08. The van der Waals surface area contributed by atoms with Gasteiger partial charge in [-0.1, -0.05) is 24.8 Å². The summed E-state index contributed by atoms with van der Waals surface area (Å²) < 4.78 is 21.3. The minimum absolute atomic E-state index is 0.386. The van der Waals surface area contributed by atoms with Crippen molar-refractivity contribution in [3.05, 3.63) is 90.2 Å². The van der Waals surface area contributed by atoms with Crippen LogP contribution in [0.4, 0.5) is 0 Å². The van der Waals surface area contributed by atoms with E-state index in [4.69, 9.17) is 18.9 Å². The van der Waals surface area contributed by atoms with Crippen LogP contribution in [0.1, 0.15) is 55.5 Å².